The number of piperidine rings is 3. The minimum Gasteiger partial charge on any atom is -0.303 e. The SMILES string of the molecule is O=C(C[C@H]1CN2CCC1CC2)c1n[nH]c2cc(-c3nccs3)ccc12. The summed E-state index contributed by atoms with van der Waals surface area (Å²) in [6.45, 7) is 3.49. The summed E-state index contributed by atoms with van der Waals surface area (Å²) in [5, 5.41) is 11.3. The molecular formula is C19H20N4OS. The van der Waals surface area contributed by atoms with Gasteiger partial charge in [0, 0.05) is 35.5 Å². The van der Waals surface area contributed by atoms with Crippen LogP contribution in [-0.2, 0) is 0 Å². The molecule has 25 heavy (non-hydrogen) atoms. The summed E-state index contributed by atoms with van der Waals surface area (Å²) in [4.78, 5) is 19.7. The lowest BCUT2D eigenvalue weighted by atomic mass is 9.76. The molecular weight excluding hydrogens is 332 g/mol. The second kappa shape index (κ2) is 6.04. The molecule has 3 fully saturated rings. The fourth-order valence-electron chi connectivity index (χ4n) is 4.38. The highest BCUT2D eigenvalue weighted by Gasteiger charge is 2.35. The Hall–Kier alpha value is -2.05. The van der Waals surface area contributed by atoms with Crippen LogP contribution in [0.15, 0.2) is 29.8 Å². The van der Waals surface area contributed by atoms with Crippen LogP contribution >= 0.6 is 11.3 Å². The number of hydrogen-bond acceptors (Lipinski definition) is 5. The molecule has 2 bridgehead atoms. The average molecular weight is 352 g/mol. The first-order valence-corrected chi connectivity index (χ1v) is 9.79. The number of H-pyrrole nitrogens is 1. The second-order valence-corrected chi connectivity index (χ2v) is 8.09. The molecule has 1 N–H and O–H groups in total. The zero-order valence-electron chi connectivity index (χ0n) is 13.9. The number of Topliss-reactive ketones (excluding diaryl/α,β-unsaturated/α-hetero) is 1. The maximum Gasteiger partial charge on any atom is 0.184 e. The Morgan fingerprint density at radius 3 is 2.92 bits per heavy atom. The third kappa shape index (κ3) is 2.69. The van der Waals surface area contributed by atoms with E-state index in [1.807, 2.05) is 23.6 Å². The Bertz CT molecular complexity index is 909. The first-order chi connectivity index (χ1) is 12.3. The van der Waals surface area contributed by atoms with Crippen molar-refractivity contribution in [3.8, 4) is 10.6 Å². The Labute approximate surface area is 150 Å². The quantitative estimate of drug-likeness (QED) is 0.729. The molecule has 1 atom stereocenters. The minimum absolute atomic E-state index is 0.173. The van der Waals surface area contributed by atoms with Gasteiger partial charge < -0.3 is 4.90 Å². The molecule has 3 aliphatic heterocycles. The number of aromatic amines is 1. The van der Waals surface area contributed by atoms with Crippen molar-refractivity contribution in [3.63, 3.8) is 0 Å². The molecule has 5 heterocycles. The topological polar surface area (TPSA) is 61.9 Å². The van der Waals surface area contributed by atoms with Crippen molar-refractivity contribution in [3.05, 3.63) is 35.5 Å². The molecule has 6 rings (SSSR count). The predicted molar refractivity (Wildman–Crippen MR) is 98.8 cm³/mol. The van der Waals surface area contributed by atoms with E-state index >= 15 is 0 Å². The number of fused-ring (bicyclic) bond motifs is 4. The highest BCUT2D eigenvalue weighted by molar-refractivity contribution is 7.13. The van der Waals surface area contributed by atoms with E-state index in [4.69, 9.17) is 0 Å². The van der Waals surface area contributed by atoms with E-state index in [1.165, 1.54) is 25.9 Å². The molecule has 5 nitrogen and oxygen atoms in total. The van der Waals surface area contributed by atoms with Crippen LogP contribution < -0.4 is 0 Å². The van der Waals surface area contributed by atoms with Crippen LogP contribution in [0.4, 0.5) is 0 Å². The second-order valence-electron chi connectivity index (χ2n) is 7.20. The van der Waals surface area contributed by atoms with Crippen molar-refractivity contribution in [2.45, 2.75) is 19.3 Å². The molecule has 2 aromatic heterocycles. The van der Waals surface area contributed by atoms with Gasteiger partial charge in [-0.05, 0) is 49.9 Å². The molecule has 128 valence electrons. The van der Waals surface area contributed by atoms with Gasteiger partial charge in [0.1, 0.15) is 10.7 Å². The maximum atomic E-state index is 12.9. The zero-order chi connectivity index (χ0) is 16.8. The van der Waals surface area contributed by atoms with Gasteiger partial charge in [0.15, 0.2) is 5.78 Å². The summed E-state index contributed by atoms with van der Waals surface area (Å²) >= 11 is 1.61. The van der Waals surface area contributed by atoms with Crippen molar-refractivity contribution in [1.29, 1.82) is 0 Å². The maximum absolute atomic E-state index is 12.9. The lowest BCUT2D eigenvalue weighted by Crippen LogP contribution is -2.47. The highest BCUT2D eigenvalue weighted by atomic mass is 32.1. The van der Waals surface area contributed by atoms with Crippen LogP contribution in [0.25, 0.3) is 21.5 Å². The number of carbonyl (C=O) groups is 1. The smallest absolute Gasteiger partial charge is 0.184 e. The van der Waals surface area contributed by atoms with E-state index in [-0.39, 0.29) is 5.78 Å². The Morgan fingerprint density at radius 1 is 1.32 bits per heavy atom. The van der Waals surface area contributed by atoms with E-state index in [0.717, 1.165) is 33.9 Å². The van der Waals surface area contributed by atoms with E-state index in [0.29, 0.717) is 18.0 Å². The predicted octanol–water partition coefficient (Wildman–Crippen LogP) is 3.60. The van der Waals surface area contributed by atoms with Crippen LogP contribution in [0.1, 0.15) is 29.8 Å². The van der Waals surface area contributed by atoms with Crippen molar-refractivity contribution in [2.75, 3.05) is 19.6 Å². The Balaban J connectivity index is 1.40. The lowest BCUT2D eigenvalue weighted by Gasteiger charge is -2.44. The number of nitrogens with one attached hydrogen (secondary N) is 1. The van der Waals surface area contributed by atoms with Gasteiger partial charge in [-0.1, -0.05) is 6.07 Å². The van der Waals surface area contributed by atoms with Crippen LogP contribution in [0.3, 0.4) is 0 Å². The first kappa shape index (κ1) is 15.2. The van der Waals surface area contributed by atoms with Crippen molar-refractivity contribution in [1.82, 2.24) is 20.1 Å². The molecule has 0 radical (unpaired) electrons. The van der Waals surface area contributed by atoms with Gasteiger partial charge in [0.05, 0.1) is 5.52 Å². The Morgan fingerprint density at radius 2 is 2.20 bits per heavy atom. The van der Waals surface area contributed by atoms with Crippen LogP contribution in [0.2, 0.25) is 0 Å². The van der Waals surface area contributed by atoms with Crippen molar-refractivity contribution in [2.24, 2.45) is 11.8 Å². The van der Waals surface area contributed by atoms with Crippen molar-refractivity contribution < 1.29 is 4.79 Å². The normalized spacial score (nSPS) is 25.5. The van der Waals surface area contributed by atoms with Gasteiger partial charge in [-0.2, -0.15) is 5.10 Å². The van der Waals surface area contributed by atoms with Gasteiger partial charge >= 0.3 is 0 Å². The highest BCUT2D eigenvalue weighted by Crippen LogP contribution is 2.35. The molecule has 0 saturated carbocycles. The summed E-state index contributed by atoms with van der Waals surface area (Å²) < 4.78 is 0. The van der Waals surface area contributed by atoms with Gasteiger partial charge in [0.2, 0.25) is 0 Å². The van der Waals surface area contributed by atoms with E-state index in [1.54, 1.807) is 17.5 Å². The van der Waals surface area contributed by atoms with Crippen LogP contribution in [-0.4, -0.2) is 45.5 Å². The average Bonchev–Trinajstić information content (AvgIpc) is 3.32. The molecule has 0 spiro atoms. The number of ketones is 1. The Kier molecular flexibility index (Phi) is 3.68. The molecule has 1 aromatic carbocycles. The first-order valence-electron chi connectivity index (χ1n) is 8.91. The summed E-state index contributed by atoms with van der Waals surface area (Å²) in [6, 6.07) is 6.06. The van der Waals surface area contributed by atoms with Crippen LogP contribution in [0.5, 0.6) is 0 Å². The number of thiazole rings is 1. The molecule has 3 aromatic rings. The monoisotopic (exact) mass is 352 g/mol. The number of aromatic nitrogens is 3. The number of carbonyl (C=O) groups excluding carboxylic acids is 1. The van der Waals surface area contributed by atoms with E-state index in [9.17, 15) is 4.79 Å². The third-order valence-electron chi connectivity index (χ3n) is 5.75. The van der Waals surface area contributed by atoms with E-state index in [2.05, 4.69) is 20.1 Å². The fraction of sp³-hybridized carbons (Fsp3) is 0.421. The summed E-state index contributed by atoms with van der Waals surface area (Å²) in [5.74, 6) is 1.39. The fourth-order valence-corrected chi connectivity index (χ4v) is 5.02. The van der Waals surface area contributed by atoms with Crippen molar-refractivity contribution >= 4 is 28.0 Å². The molecule has 0 unspecified atom stereocenters. The summed E-state index contributed by atoms with van der Waals surface area (Å²) in [6.07, 6.45) is 4.92. The molecule has 6 heteroatoms. The number of nitrogens with zero attached hydrogens (tertiary/aromatic N) is 3. The third-order valence-corrected chi connectivity index (χ3v) is 6.57. The number of benzene rings is 1. The minimum atomic E-state index is 0.173. The summed E-state index contributed by atoms with van der Waals surface area (Å²) in [5.41, 5.74) is 2.56. The van der Waals surface area contributed by atoms with Crippen LogP contribution in [0, 0.1) is 11.8 Å². The van der Waals surface area contributed by atoms with Gasteiger partial charge in [0.25, 0.3) is 0 Å². The van der Waals surface area contributed by atoms with Gasteiger partial charge in [-0.25, -0.2) is 4.98 Å². The number of hydrogen-bond donors (Lipinski definition) is 1. The van der Waals surface area contributed by atoms with Gasteiger partial charge in [-0.3, -0.25) is 9.89 Å². The lowest BCUT2D eigenvalue weighted by molar-refractivity contribution is 0.0440. The standard InChI is InChI=1S/C19H20N4OS/c24-17(10-14-11-23-6-3-12(14)4-7-23)18-15-2-1-13(9-16(15)21-22-18)19-20-5-8-25-19/h1-2,5,8-9,12,14H,3-4,6-7,10-11H2,(H,21,22)/t14-/m0/s1. The number of rotatable bonds is 4. The molecule has 0 amide bonds. The molecule has 3 aliphatic rings. The molecule has 0 aliphatic carbocycles. The largest absolute Gasteiger partial charge is 0.303 e. The zero-order valence-corrected chi connectivity index (χ0v) is 14.8. The van der Waals surface area contributed by atoms with E-state index < -0.39 is 0 Å². The molecule has 3 saturated heterocycles. The summed E-state index contributed by atoms with van der Waals surface area (Å²) in [7, 11) is 0. The van der Waals surface area contributed by atoms with Gasteiger partial charge in [-0.15, -0.1) is 11.3 Å².